The molecule has 0 aliphatic heterocycles. The van der Waals surface area contributed by atoms with Crippen molar-refractivity contribution < 1.29 is 4.74 Å². The summed E-state index contributed by atoms with van der Waals surface area (Å²) < 4.78 is 6.30. The molecule has 4 heteroatoms. The molecule has 0 bridgehead atoms. The first-order valence-electron chi connectivity index (χ1n) is 4.65. The van der Waals surface area contributed by atoms with Crippen molar-refractivity contribution >= 4 is 22.9 Å². The lowest BCUT2D eigenvalue weighted by atomic mass is 10.2. The van der Waals surface area contributed by atoms with Gasteiger partial charge < -0.3 is 4.74 Å². The molecule has 16 heavy (non-hydrogen) atoms. The highest BCUT2D eigenvalue weighted by Gasteiger charge is 2.00. The molecular weight excluding hydrogens is 242 g/mol. The maximum atomic E-state index is 8.73. The monoisotopic (exact) mass is 249 g/mol. The molecule has 1 aromatic heterocycles. The van der Waals surface area contributed by atoms with Crippen LogP contribution in [0.1, 0.15) is 10.4 Å². The second-order valence-corrected chi connectivity index (χ2v) is 4.93. The highest BCUT2D eigenvalue weighted by atomic mass is 35.5. The Balaban J connectivity index is 2.02. The molecule has 0 aliphatic rings. The summed E-state index contributed by atoms with van der Waals surface area (Å²) in [4.78, 5) is 1.06. The van der Waals surface area contributed by atoms with Gasteiger partial charge >= 0.3 is 0 Å². The van der Waals surface area contributed by atoms with Gasteiger partial charge in [-0.25, -0.2) is 0 Å². The highest BCUT2D eigenvalue weighted by Crippen LogP contribution is 2.23. The number of hydrogen-bond donors (Lipinski definition) is 0. The molecule has 0 spiro atoms. The molecule has 2 aromatic rings. The van der Waals surface area contributed by atoms with Gasteiger partial charge in [0.2, 0.25) is 0 Å². The van der Waals surface area contributed by atoms with E-state index in [9.17, 15) is 0 Å². The number of nitrogens with zero attached hydrogens (tertiary/aromatic N) is 1. The van der Waals surface area contributed by atoms with Crippen molar-refractivity contribution in [3.63, 3.8) is 0 Å². The second kappa shape index (κ2) is 5.02. The fourth-order valence-electron chi connectivity index (χ4n) is 1.24. The summed E-state index contributed by atoms with van der Waals surface area (Å²) in [5, 5.41) is 8.73. The van der Waals surface area contributed by atoms with Crippen LogP contribution >= 0.6 is 22.9 Å². The molecule has 0 saturated heterocycles. The molecule has 0 atom stereocenters. The summed E-state index contributed by atoms with van der Waals surface area (Å²) in [5.74, 6) is 0.698. The lowest BCUT2D eigenvalue weighted by Gasteiger charge is -2.04. The molecule has 0 radical (unpaired) electrons. The fourth-order valence-corrected chi connectivity index (χ4v) is 2.24. The van der Waals surface area contributed by atoms with Gasteiger partial charge in [-0.05, 0) is 30.3 Å². The number of thiophene rings is 1. The molecule has 80 valence electrons. The van der Waals surface area contributed by atoms with Gasteiger partial charge in [0.05, 0.1) is 16.0 Å². The Labute approximate surface area is 103 Å². The maximum Gasteiger partial charge on any atom is 0.122 e. The number of halogens is 1. The molecule has 0 amide bonds. The zero-order valence-corrected chi connectivity index (χ0v) is 9.89. The highest BCUT2D eigenvalue weighted by molar-refractivity contribution is 7.16. The lowest BCUT2D eigenvalue weighted by molar-refractivity contribution is 0.310. The Morgan fingerprint density at radius 2 is 2.19 bits per heavy atom. The molecule has 2 rings (SSSR count). The van der Waals surface area contributed by atoms with Gasteiger partial charge in [-0.3, -0.25) is 0 Å². The molecule has 1 heterocycles. The number of ether oxygens (including phenoxy) is 1. The third kappa shape index (κ3) is 2.75. The molecular formula is C12H8ClNOS. The van der Waals surface area contributed by atoms with Crippen LogP contribution in [0, 0.1) is 11.3 Å². The Bertz CT molecular complexity index is 530. The minimum Gasteiger partial charge on any atom is -0.488 e. The van der Waals surface area contributed by atoms with Crippen LogP contribution in [0.2, 0.25) is 4.34 Å². The summed E-state index contributed by atoms with van der Waals surface area (Å²) in [6, 6.07) is 12.9. The Morgan fingerprint density at radius 1 is 1.31 bits per heavy atom. The smallest absolute Gasteiger partial charge is 0.122 e. The number of rotatable bonds is 3. The standard InChI is InChI=1S/C12H8ClNOS/c13-12-5-4-11(16-12)8-15-10-3-1-2-9(6-10)7-14/h1-6H,8H2. The van der Waals surface area contributed by atoms with Gasteiger partial charge in [-0.15, -0.1) is 11.3 Å². The zero-order valence-electron chi connectivity index (χ0n) is 8.31. The first kappa shape index (κ1) is 11.0. The van der Waals surface area contributed by atoms with Crippen molar-refractivity contribution in [3.05, 3.63) is 51.2 Å². The topological polar surface area (TPSA) is 33.0 Å². The van der Waals surface area contributed by atoms with E-state index in [-0.39, 0.29) is 0 Å². The van der Waals surface area contributed by atoms with Gasteiger partial charge in [0, 0.05) is 4.88 Å². The van der Waals surface area contributed by atoms with E-state index >= 15 is 0 Å². The third-order valence-electron chi connectivity index (χ3n) is 1.97. The summed E-state index contributed by atoms with van der Waals surface area (Å²) in [7, 11) is 0. The van der Waals surface area contributed by atoms with Gasteiger partial charge in [0.25, 0.3) is 0 Å². The predicted octanol–water partition coefficient (Wildman–Crippen LogP) is 3.85. The van der Waals surface area contributed by atoms with Gasteiger partial charge in [-0.2, -0.15) is 5.26 Å². The number of benzene rings is 1. The van der Waals surface area contributed by atoms with E-state index in [4.69, 9.17) is 21.6 Å². The van der Waals surface area contributed by atoms with E-state index in [2.05, 4.69) is 6.07 Å². The van der Waals surface area contributed by atoms with Crippen LogP contribution < -0.4 is 4.74 Å². The van der Waals surface area contributed by atoms with Crippen molar-refractivity contribution in [1.29, 1.82) is 5.26 Å². The van der Waals surface area contributed by atoms with E-state index in [0.29, 0.717) is 17.9 Å². The quantitative estimate of drug-likeness (QED) is 0.828. The van der Waals surface area contributed by atoms with Crippen LogP contribution in [0.4, 0.5) is 0 Å². The van der Waals surface area contributed by atoms with E-state index in [1.807, 2.05) is 18.2 Å². The van der Waals surface area contributed by atoms with E-state index in [1.54, 1.807) is 18.2 Å². The lowest BCUT2D eigenvalue weighted by Crippen LogP contribution is -1.92. The molecule has 0 saturated carbocycles. The molecule has 1 aromatic carbocycles. The minimum absolute atomic E-state index is 0.478. The SMILES string of the molecule is N#Cc1cccc(OCc2ccc(Cl)s2)c1. The first-order chi connectivity index (χ1) is 7.78. The molecule has 0 aliphatic carbocycles. The second-order valence-electron chi connectivity index (χ2n) is 3.13. The molecule has 0 N–H and O–H groups in total. The molecule has 2 nitrogen and oxygen atoms in total. The van der Waals surface area contributed by atoms with Crippen LogP contribution in [-0.2, 0) is 6.61 Å². The van der Waals surface area contributed by atoms with Crippen LogP contribution in [0.5, 0.6) is 5.75 Å². The van der Waals surface area contributed by atoms with Crippen LogP contribution in [0.3, 0.4) is 0 Å². The Hall–Kier alpha value is -1.50. The van der Waals surface area contributed by atoms with Crippen molar-refractivity contribution in [2.75, 3.05) is 0 Å². The van der Waals surface area contributed by atoms with Gasteiger partial charge in [0.1, 0.15) is 12.4 Å². The van der Waals surface area contributed by atoms with Crippen molar-refractivity contribution in [2.24, 2.45) is 0 Å². The van der Waals surface area contributed by atoms with Crippen LogP contribution in [0.15, 0.2) is 36.4 Å². The van der Waals surface area contributed by atoms with Gasteiger partial charge in [-0.1, -0.05) is 17.7 Å². The van der Waals surface area contributed by atoms with Crippen molar-refractivity contribution in [3.8, 4) is 11.8 Å². The van der Waals surface area contributed by atoms with E-state index in [0.717, 1.165) is 9.21 Å². The number of nitriles is 1. The fraction of sp³-hybridized carbons (Fsp3) is 0.0833. The minimum atomic E-state index is 0.478. The summed E-state index contributed by atoms with van der Waals surface area (Å²) in [6.07, 6.45) is 0. The summed E-state index contributed by atoms with van der Waals surface area (Å²) >= 11 is 7.30. The largest absolute Gasteiger partial charge is 0.488 e. The number of hydrogen-bond acceptors (Lipinski definition) is 3. The van der Waals surface area contributed by atoms with Crippen LogP contribution in [0.25, 0.3) is 0 Å². The summed E-state index contributed by atoms with van der Waals surface area (Å²) in [6.45, 7) is 0.478. The van der Waals surface area contributed by atoms with Gasteiger partial charge in [0.15, 0.2) is 0 Å². The van der Waals surface area contributed by atoms with E-state index in [1.165, 1.54) is 11.3 Å². The third-order valence-corrected chi connectivity index (χ3v) is 3.18. The van der Waals surface area contributed by atoms with E-state index < -0.39 is 0 Å². The van der Waals surface area contributed by atoms with Crippen LogP contribution in [-0.4, -0.2) is 0 Å². The average Bonchev–Trinajstić information content (AvgIpc) is 2.73. The maximum absolute atomic E-state index is 8.73. The normalized spacial score (nSPS) is 9.75. The molecule has 0 fully saturated rings. The zero-order chi connectivity index (χ0) is 11.4. The first-order valence-corrected chi connectivity index (χ1v) is 5.84. The summed E-state index contributed by atoms with van der Waals surface area (Å²) in [5.41, 5.74) is 0.599. The Morgan fingerprint density at radius 3 is 2.88 bits per heavy atom. The van der Waals surface area contributed by atoms with Crippen molar-refractivity contribution in [2.45, 2.75) is 6.61 Å². The predicted molar refractivity (Wildman–Crippen MR) is 64.8 cm³/mol. The molecule has 0 unspecified atom stereocenters. The average molecular weight is 250 g/mol. The Kier molecular flexibility index (Phi) is 3.45. The van der Waals surface area contributed by atoms with Crippen molar-refractivity contribution in [1.82, 2.24) is 0 Å².